The first kappa shape index (κ1) is 24.5. The van der Waals surface area contributed by atoms with Gasteiger partial charge in [-0.05, 0) is 61.4 Å². The molecule has 6 nitrogen and oxygen atoms in total. The molecule has 0 spiro atoms. The molecule has 1 atom stereocenters. The van der Waals surface area contributed by atoms with E-state index in [9.17, 15) is 9.59 Å². The van der Waals surface area contributed by atoms with Crippen molar-refractivity contribution in [1.82, 2.24) is 0 Å². The van der Waals surface area contributed by atoms with E-state index < -0.39 is 6.04 Å². The van der Waals surface area contributed by atoms with E-state index in [0.717, 1.165) is 16.7 Å². The number of carbonyl (C=O) groups excluding carboxylic acids is 1. The zero-order valence-electron chi connectivity index (χ0n) is 21.7. The molecule has 6 heteroatoms. The van der Waals surface area contributed by atoms with Gasteiger partial charge in [0.05, 0.1) is 23.6 Å². The fourth-order valence-corrected chi connectivity index (χ4v) is 5.07. The number of anilines is 1. The zero-order valence-corrected chi connectivity index (χ0v) is 21.7. The predicted octanol–water partition coefficient (Wildman–Crippen LogP) is 6.83. The molecule has 0 saturated carbocycles. The van der Waals surface area contributed by atoms with Crippen LogP contribution in [-0.4, -0.2) is 12.5 Å². The van der Waals surface area contributed by atoms with Crippen molar-refractivity contribution in [3.05, 3.63) is 135 Å². The van der Waals surface area contributed by atoms with Crippen molar-refractivity contribution < 1.29 is 18.7 Å². The van der Waals surface area contributed by atoms with Crippen molar-refractivity contribution in [2.75, 3.05) is 11.5 Å². The number of nitrogens with zero attached hydrogens (tertiary/aromatic N) is 1. The maximum atomic E-state index is 13.9. The van der Waals surface area contributed by atoms with Gasteiger partial charge in [0.2, 0.25) is 5.76 Å². The van der Waals surface area contributed by atoms with Gasteiger partial charge in [-0.2, -0.15) is 0 Å². The fraction of sp³-hybridized carbons (Fsp3) is 0.152. The highest BCUT2D eigenvalue weighted by atomic mass is 16.5. The van der Waals surface area contributed by atoms with Crippen LogP contribution in [0.2, 0.25) is 0 Å². The van der Waals surface area contributed by atoms with E-state index in [2.05, 4.69) is 0 Å². The number of hydrogen-bond acceptors (Lipinski definition) is 5. The maximum absolute atomic E-state index is 13.9. The standard InChI is InChI=1S/C33H27NO5/c1-3-37-28-19-23(15-17-27(28)38-20-22-10-6-4-7-11-22)30-29-31(35)25-18-21(2)14-16-26(25)39-32(29)33(36)34(30)24-12-8-5-9-13-24/h4-19,30H,3,20H2,1-2H3. The number of ether oxygens (including phenoxy) is 2. The molecule has 1 aromatic heterocycles. The molecule has 0 aliphatic carbocycles. The number of rotatable bonds is 7. The van der Waals surface area contributed by atoms with Gasteiger partial charge < -0.3 is 13.9 Å². The van der Waals surface area contributed by atoms with Crippen molar-refractivity contribution in [2.45, 2.75) is 26.5 Å². The summed E-state index contributed by atoms with van der Waals surface area (Å²) in [6.07, 6.45) is 0. The van der Waals surface area contributed by atoms with Gasteiger partial charge in [-0.15, -0.1) is 0 Å². The Morgan fingerprint density at radius 1 is 0.821 bits per heavy atom. The smallest absolute Gasteiger partial charge is 0.295 e. The van der Waals surface area contributed by atoms with E-state index in [1.807, 2.05) is 98.8 Å². The lowest BCUT2D eigenvalue weighted by Crippen LogP contribution is -2.29. The monoisotopic (exact) mass is 517 g/mol. The summed E-state index contributed by atoms with van der Waals surface area (Å²) < 4.78 is 18.2. The van der Waals surface area contributed by atoms with Crippen LogP contribution in [0.5, 0.6) is 11.5 Å². The average molecular weight is 518 g/mol. The van der Waals surface area contributed by atoms with Gasteiger partial charge in [-0.1, -0.05) is 66.2 Å². The summed E-state index contributed by atoms with van der Waals surface area (Å²) in [6, 6.07) is 29.5. The Bertz CT molecular complexity index is 1730. The molecule has 1 aliphatic rings. The minimum Gasteiger partial charge on any atom is -0.490 e. The third kappa shape index (κ3) is 4.44. The molecule has 1 aliphatic heterocycles. The Kier molecular flexibility index (Phi) is 6.37. The summed E-state index contributed by atoms with van der Waals surface area (Å²) in [7, 11) is 0. The van der Waals surface area contributed by atoms with Crippen LogP contribution in [-0.2, 0) is 6.61 Å². The van der Waals surface area contributed by atoms with Crippen LogP contribution in [0.4, 0.5) is 5.69 Å². The van der Waals surface area contributed by atoms with Crippen LogP contribution >= 0.6 is 0 Å². The quantitative estimate of drug-likeness (QED) is 0.237. The van der Waals surface area contributed by atoms with Gasteiger partial charge in [0.25, 0.3) is 5.91 Å². The first-order chi connectivity index (χ1) is 19.0. The lowest BCUT2D eigenvalue weighted by Gasteiger charge is -2.26. The Balaban J connectivity index is 1.50. The van der Waals surface area contributed by atoms with Crippen LogP contribution in [0.15, 0.2) is 106 Å². The molecule has 1 amide bonds. The highest BCUT2D eigenvalue weighted by Crippen LogP contribution is 2.43. The summed E-state index contributed by atoms with van der Waals surface area (Å²) in [4.78, 5) is 29.4. The normalized spacial score (nSPS) is 14.5. The Labute approximate surface area is 226 Å². The van der Waals surface area contributed by atoms with E-state index >= 15 is 0 Å². The molecule has 0 saturated heterocycles. The second-order valence-electron chi connectivity index (χ2n) is 9.50. The molecule has 0 fully saturated rings. The van der Waals surface area contributed by atoms with Crippen molar-refractivity contribution in [3.8, 4) is 11.5 Å². The number of aryl methyl sites for hydroxylation is 1. The lowest BCUT2D eigenvalue weighted by atomic mass is 9.97. The van der Waals surface area contributed by atoms with E-state index in [-0.39, 0.29) is 17.1 Å². The first-order valence-electron chi connectivity index (χ1n) is 12.9. The van der Waals surface area contributed by atoms with Crippen molar-refractivity contribution >= 4 is 22.6 Å². The zero-order chi connectivity index (χ0) is 26.9. The van der Waals surface area contributed by atoms with E-state index in [0.29, 0.717) is 46.9 Å². The molecule has 194 valence electrons. The second-order valence-corrected chi connectivity index (χ2v) is 9.50. The number of fused-ring (bicyclic) bond motifs is 2. The molecular formula is C33H27NO5. The van der Waals surface area contributed by atoms with E-state index in [1.54, 1.807) is 17.0 Å². The lowest BCUT2D eigenvalue weighted by molar-refractivity contribution is 0.0971. The van der Waals surface area contributed by atoms with Crippen molar-refractivity contribution in [1.29, 1.82) is 0 Å². The van der Waals surface area contributed by atoms with Crippen LogP contribution < -0.4 is 19.8 Å². The summed E-state index contributed by atoms with van der Waals surface area (Å²) >= 11 is 0. The average Bonchev–Trinajstić information content (AvgIpc) is 3.26. The molecule has 1 unspecified atom stereocenters. The molecular weight excluding hydrogens is 490 g/mol. The molecule has 6 rings (SSSR count). The van der Waals surface area contributed by atoms with E-state index in [1.165, 1.54) is 0 Å². The third-order valence-corrected chi connectivity index (χ3v) is 6.88. The van der Waals surface area contributed by atoms with Crippen molar-refractivity contribution in [2.24, 2.45) is 0 Å². The Morgan fingerprint density at radius 2 is 1.56 bits per heavy atom. The predicted molar refractivity (Wildman–Crippen MR) is 151 cm³/mol. The minimum absolute atomic E-state index is 0.0626. The van der Waals surface area contributed by atoms with Crippen LogP contribution in [0, 0.1) is 6.92 Å². The SMILES string of the molecule is CCOc1cc(C2c3c(oc4ccc(C)cc4c3=O)C(=O)N2c2ccccc2)ccc1OCc1ccccc1. The number of para-hydroxylation sites is 1. The first-order valence-corrected chi connectivity index (χ1v) is 12.9. The summed E-state index contributed by atoms with van der Waals surface area (Å²) in [5, 5.41) is 0.453. The minimum atomic E-state index is -0.696. The maximum Gasteiger partial charge on any atom is 0.295 e. The third-order valence-electron chi connectivity index (χ3n) is 6.88. The van der Waals surface area contributed by atoms with Crippen LogP contribution in [0.25, 0.3) is 11.0 Å². The molecule has 0 N–H and O–H groups in total. The molecule has 39 heavy (non-hydrogen) atoms. The fourth-order valence-electron chi connectivity index (χ4n) is 5.07. The van der Waals surface area contributed by atoms with Gasteiger partial charge in [-0.3, -0.25) is 14.5 Å². The number of hydrogen-bond donors (Lipinski definition) is 0. The van der Waals surface area contributed by atoms with Crippen LogP contribution in [0.1, 0.15) is 45.8 Å². The summed E-state index contributed by atoms with van der Waals surface area (Å²) in [5.41, 5.74) is 3.87. The van der Waals surface area contributed by atoms with E-state index in [4.69, 9.17) is 13.9 Å². The second kappa shape index (κ2) is 10.1. The highest BCUT2D eigenvalue weighted by Gasteiger charge is 2.44. The van der Waals surface area contributed by atoms with Crippen molar-refractivity contribution in [3.63, 3.8) is 0 Å². The topological polar surface area (TPSA) is 69.0 Å². The van der Waals surface area contributed by atoms with Gasteiger partial charge in [0.1, 0.15) is 12.2 Å². The largest absolute Gasteiger partial charge is 0.490 e. The molecule has 5 aromatic rings. The summed E-state index contributed by atoms with van der Waals surface area (Å²) in [5.74, 6) is 0.831. The molecule has 2 heterocycles. The number of amides is 1. The van der Waals surface area contributed by atoms with Gasteiger partial charge in [0, 0.05) is 5.69 Å². The number of carbonyl (C=O) groups is 1. The highest BCUT2D eigenvalue weighted by molar-refractivity contribution is 6.10. The molecule has 0 bridgehead atoms. The van der Waals surface area contributed by atoms with Crippen LogP contribution in [0.3, 0.4) is 0 Å². The Morgan fingerprint density at radius 3 is 2.31 bits per heavy atom. The summed E-state index contributed by atoms with van der Waals surface area (Å²) in [6.45, 7) is 4.64. The van der Waals surface area contributed by atoms with Gasteiger partial charge in [-0.25, -0.2) is 0 Å². The van der Waals surface area contributed by atoms with Gasteiger partial charge in [0.15, 0.2) is 16.9 Å². The van der Waals surface area contributed by atoms with Gasteiger partial charge >= 0.3 is 0 Å². The number of benzene rings is 4. The molecule has 0 radical (unpaired) electrons. The molecule has 4 aromatic carbocycles. The Hall–Kier alpha value is -4.84.